The fraction of sp³-hybridized carbons (Fsp3) is 0.0333. The first-order valence-electron chi connectivity index (χ1n) is 11.1. The van der Waals surface area contributed by atoms with Crippen molar-refractivity contribution in [2.75, 3.05) is 0 Å². The second-order valence-electron chi connectivity index (χ2n) is 8.37. The minimum Gasteiger partial charge on any atom is -0.398 e. The second kappa shape index (κ2) is 7.64. The molecule has 33 heavy (non-hydrogen) atoms. The molecule has 6 rings (SSSR count). The molecule has 0 unspecified atom stereocenters. The standard InChI is InChI=1S/C30H23N3/c1-19-11-5-6-14-21(19)26(27(31)20-12-3-2-4-13-20)30-32-28-24-17-9-7-15-22(24)23-16-8-10-18-25(23)29(28)33-30/h2-18H,31H2,1H3,(H,32,33)/b27-26+. The predicted octanol–water partition coefficient (Wildman–Crippen LogP) is 7.05. The van der Waals surface area contributed by atoms with E-state index in [2.05, 4.69) is 78.6 Å². The summed E-state index contributed by atoms with van der Waals surface area (Å²) in [4.78, 5) is 8.82. The lowest BCUT2D eigenvalue weighted by molar-refractivity contribution is 1.25. The third kappa shape index (κ3) is 3.09. The van der Waals surface area contributed by atoms with Crippen molar-refractivity contribution in [1.29, 1.82) is 0 Å². The van der Waals surface area contributed by atoms with Crippen LogP contribution < -0.4 is 5.73 Å². The number of benzene rings is 5. The van der Waals surface area contributed by atoms with E-state index in [4.69, 9.17) is 10.7 Å². The van der Waals surface area contributed by atoms with Crippen molar-refractivity contribution in [3.63, 3.8) is 0 Å². The molecule has 5 aromatic carbocycles. The normalized spacial score (nSPS) is 12.4. The zero-order valence-electron chi connectivity index (χ0n) is 18.3. The van der Waals surface area contributed by atoms with Gasteiger partial charge in [-0.15, -0.1) is 0 Å². The van der Waals surface area contributed by atoms with Gasteiger partial charge in [-0.05, 0) is 34.4 Å². The van der Waals surface area contributed by atoms with Crippen molar-refractivity contribution in [2.45, 2.75) is 6.92 Å². The number of aromatic amines is 1. The van der Waals surface area contributed by atoms with Crippen LogP contribution in [0, 0.1) is 6.92 Å². The van der Waals surface area contributed by atoms with Gasteiger partial charge < -0.3 is 10.7 Å². The maximum Gasteiger partial charge on any atom is 0.141 e. The van der Waals surface area contributed by atoms with E-state index >= 15 is 0 Å². The summed E-state index contributed by atoms with van der Waals surface area (Å²) in [5, 5.41) is 4.72. The zero-order valence-corrected chi connectivity index (χ0v) is 18.3. The maximum atomic E-state index is 6.84. The summed E-state index contributed by atoms with van der Waals surface area (Å²) in [6.07, 6.45) is 0. The molecule has 0 radical (unpaired) electrons. The van der Waals surface area contributed by atoms with Crippen LogP contribution in [0.2, 0.25) is 0 Å². The zero-order chi connectivity index (χ0) is 22.4. The lowest BCUT2D eigenvalue weighted by Crippen LogP contribution is -2.05. The van der Waals surface area contributed by atoms with Crippen LogP contribution in [0.25, 0.3) is 43.8 Å². The van der Waals surface area contributed by atoms with Crippen LogP contribution in [-0.2, 0) is 0 Å². The van der Waals surface area contributed by atoms with E-state index in [0.29, 0.717) is 5.70 Å². The highest BCUT2D eigenvalue weighted by molar-refractivity contribution is 6.23. The topological polar surface area (TPSA) is 54.7 Å². The molecule has 0 aliphatic heterocycles. The summed E-state index contributed by atoms with van der Waals surface area (Å²) in [5.74, 6) is 0.780. The summed E-state index contributed by atoms with van der Waals surface area (Å²) >= 11 is 0. The number of fused-ring (bicyclic) bond motifs is 6. The van der Waals surface area contributed by atoms with E-state index in [0.717, 1.165) is 49.9 Å². The average Bonchev–Trinajstić information content (AvgIpc) is 3.31. The SMILES string of the molecule is Cc1ccccc1/C(=C(\N)c1ccccc1)c1nc2c3ccccc3c3ccccc3c2[nH]1. The highest BCUT2D eigenvalue weighted by Crippen LogP contribution is 2.37. The third-order valence-electron chi connectivity index (χ3n) is 6.38. The van der Waals surface area contributed by atoms with Gasteiger partial charge in [0.15, 0.2) is 0 Å². The summed E-state index contributed by atoms with van der Waals surface area (Å²) in [6.45, 7) is 2.11. The number of hydrogen-bond acceptors (Lipinski definition) is 2. The quantitative estimate of drug-likeness (QED) is 0.236. The monoisotopic (exact) mass is 425 g/mol. The third-order valence-corrected chi connectivity index (χ3v) is 6.38. The molecule has 3 heteroatoms. The first kappa shape index (κ1) is 19.3. The van der Waals surface area contributed by atoms with Gasteiger partial charge in [-0.2, -0.15) is 0 Å². The first-order chi connectivity index (χ1) is 16.2. The Morgan fingerprint density at radius 1 is 0.667 bits per heavy atom. The van der Waals surface area contributed by atoms with Gasteiger partial charge in [0.05, 0.1) is 16.7 Å². The molecule has 0 spiro atoms. The van der Waals surface area contributed by atoms with Crippen LogP contribution in [0.15, 0.2) is 103 Å². The number of hydrogen-bond donors (Lipinski definition) is 2. The Morgan fingerprint density at radius 3 is 1.97 bits per heavy atom. The van der Waals surface area contributed by atoms with E-state index < -0.39 is 0 Å². The minimum atomic E-state index is 0.706. The van der Waals surface area contributed by atoms with Gasteiger partial charge in [0.1, 0.15) is 5.82 Å². The molecule has 158 valence electrons. The van der Waals surface area contributed by atoms with Crippen LogP contribution in [0.3, 0.4) is 0 Å². The van der Waals surface area contributed by atoms with Crippen LogP contribution >= 0.6 is 0 Å². The highest BCUT2D eigenvalue weighted by atomic mass is 14.9. The Kier molecular flexibility index (Phi) is 4.48. The summed E-state index contributed by atoms with van der Waals surface area (Å²) in [6, 6.07) is 35.4. The van der Waals surface area contributed by atoms with Crippen LogP contribution in [-0.4, -0.2) is 9.97 Å². The molecule has 0 saturated carbocycles. The van der Waals surface area contributed by atoms with Gasteiger partial charge >= 0.3 is 0 Å². The van der Waals surface area contributed by atoms with Crippen LogP contribution in [0.1, 0.15) is 22.5 Å². The van der Waals surface area contributed by atoms with Crippen molar-refractivity contribution in [3.8, 4) is 0 Å². The fourth-order valence-electron chi connectivity index (χ4n) is 4.76. The Balaban J connectivity index is 1.74. The second-order valence-corrected chi connectivity index (χ2v) is 8.37. The number of H-pyrrole nitrogens is 1. The molecule has 0 aliphatic carbocycles. The maximum absolute atomic E-state index is 6.84. The van der Waals surface area contributed by atoms with Gasteiger partial charge in [-0.3, -0.25) is 0 Å². The largest absolute Gasteiger partial charge is 0.398 e. The molecule has 0 aliphatic rings. The molecule has 0 atom stereocenters. The van der Waals surface area contributed by atoms with Crippen molar-refractivity contribution in [2.24, 2.45) is 5.73 Å². The molecule has 0 bridgehead atoms. The van der Waals surface area contributed by atoms with Crippen LogP contribution in [0.4, 0.5) is 0 Å². The fourth-order valence-corrected chi connectivity index (χ4v) is 4.76. The Morgan fingerprint density at radius 2 is 1.24 bits per heavy atom. The number of nitrogens with zero attached hydrogens (tertiary/aromatic N) is 1. The van der Waals surface area contributed by atoms with E-state index in [1.54, 1.807) is 0 Å². The number of aromatic nitrogens is 2. The molecule has 6 aromatic rings. The predicted molar refractivity (Wildman–Crippen MR) is 139 cm³/mol. The molecule has 1 heterocycles. The minimum absolute atomic E-state index is 0.706. The van der Waals surface area contributed by atoms with Crippen molar-refractivity contribution in [1.82, 2.24) is 9.97 Å². The van der Waals surface area contributed by atoms with Gasteiger partial charge in [-0.25, -0.2) is 4.98 Å². The van der Waals surface area contributed by atoms with Crippen molar-refractivity contribution < 1.29 is 0 Å². The number of imidazole rings is 1. The Bertz CT molecular complexity index is 1600. The average molecular weight is 426 g/mol. The molecule has 1 aromatic heterocycles. The summed E-state index contributed by atoms with van der Waals surface area (Å²) < 4.78 is 0. The first-order valence-corrected chi connectivity index (χ1v) is 11.1. The Hall–Kier alpha value is -4.37. The van der Waals surface area contributed by atoms with Crippen molar-refractivity contribution >= 4 is 43.8 Å². The molecule has 0 fully saturated rings. The van der Waals surface area contributed by atoms with E-state index in [9.17, 15) is 0 Å². The van der Waals surface area contributed by atoms with E-state index in [1.807, 2.05) is 36.4 Å². The summed E-state index contributed by atoms with van der Waals surface area (Å²) in [7, 11) is 0. The number of rotatable bonds is 3. The number of aryl methyl sites for hydroxylation is 1. The lowest BCUT2D eigenvalue weighted by atomic mass is 9.95. The highest BCUT2D eigenvalue weighted by Gasteiger charge is 2.19. The smallest absolute Gasteiger partial charge is 0.141 e. The van der Waals surface area contributed by atoms with Gasteiger partial charge in [-0.1, -0.05) is 103 Å². The molecular formula is C30H23N3. The number of nitrogens with one attached hydrogen (secondary N) is 1. The van der Waals surface area contributed by atoms with Crippen molar-refractivity contribution in [3.05, 3.63) is 126 Å². The molecular weight excluding hydrogens is 402 g/mol. The Labute approximate surface area is 192 Å². The molecule has 3 N–H and O–H groups in total. The molecule has 0 amide bonds. The van der Waals surface area contributed by atoms with Gasteiger partial charge in [0.25, 0.3) is 0 Å². The molecule has 3 nitrogen and oxygen atoms in total. The summed E-state index contributed by atoms with van der Waals surface area (Å²) in [5.41, 5.74) is 13.7. The lowest BCUT2D eigenvalue weighted by Gasteiger charge is -2.13. The van der Waals surface area contributed by atoms with Gasteiger partial charge in [0, 0.05) is 16.3 Å². The van der Waals surface area contributed by atoms with E-state index in [1.165, 1.54) is 10.8 Å². The van der Waals surface area contributed by atoms with Gasteiger partial charge in [0.2, 0.25) is 0 Å². The van der Waals surface area contributed by atoms with E-state index in [-0.39, 0.29) is 0 Å². The molecule has 0 saturated heterocycles. The van der Waals surface area contributed by atoms with Crippen LogP contribution in [0.5, 0.6) is 0 Å². The number of nitrogens with two attached hydrogens (primary N) is 1.